The molecular weight excluding hydrogens is 235 g/mol. The van der Waals surface area contributed by atoms with Crippen LogP contribution in [0, 0.1) is 0 Å². The Hall–Kier alpha value is -1.08. The van der Waals surface area contributed by atoms with Crippen LogP contribution in [-0.2, 0) is 11.8 Å². The van der Waals surface area contributed by atoms with Crippen molar-refractivity contribution >= 4 is 0 Å². The molecule has 7 heteroatoms. The minimum Gasteiger partial charge on any atom is -0.372 e. The smallest absolute Gasteiger partial charge is 0.372 e. The number of aryl methyl sites for hydroxylation is 1. The van der Waals surface area contributed by atoms with Crippen LogP contribution in [0.15, 0.2) is 12.3 Å². The fourth-order valence-electron chi connectivity index (χ4n) is 1.45. The lowest BCUT2D eigenvalue weighted by molar-refractivity contribution is -0.174. The van der Waals surface area contributed by atoms with Crippen LogP contribution in [0.25, 0.3) is 0 Å². The van der Waals surface area contributed by atoms with E-state index in [-0.39, 0.29) is 12.6 Å². The Balaban J connectivity index is 2.33. The average molecular weight is 251 g/mol. The zero-order chi connectivity index (χ0) is 12.9. The molecule has 0 aromatic carbocycles. The minimum absolute atomic E-state index is 0.0432. The second-order valence-electron chi connectivity index (χ2n) is 3.71. The van der Waals surface area contributed by atoms with Gasteiger partial charge in [-0.2, -0.15) is 18.3 Å². The summed E-state index contributed by atoms with van der Waals surface area (Å²) in [5, 5.41) is 7.18. The topological polar surface area (TPSA) is 39.1 Å². The molecule has 1 aromatic rings. The van der Waals surface area contributed by atoms with Gasteiger partial charge in [0.05, 0.1) is 11.7 Å². The van der Waals surface area contributed by atoms with Crippen LogP contribution in [0.5, 0.6) is 0 Å². The van der Waals surface area contributed by atoms with Crippen molar-refractivity contribution in [1.29, 1.82) is 0 Å². The highest BCUT2D eigenvalue weighted by atomic mass is 19.4. The molecule has 0 saturated carbocycles. The zero-order valence-electron chi connectivity index (χ0n) is 9.79. The predicted octanol–water partition coefficient (Wildman–Crippen LogP) is 1.65. The first-order chi connectivity index (χ1) is 7.92. The molecule has 17 heavy (non-hydrogen) atoms. The second kappa shape index (κ2) is 6.02. The summed E-state index contributed by atoms with van der Waals surface area (Å²) in [5.41, 5.74) is 0.797. The molecule has 0 aliphatic rings. The zero-order valence-corrected chi connectivity index (χ0v) is 9.79. The first-order valence-corrected chi connectivity index (χ1v) is 5.23. The Morgan fingerprint density at radius 1 is 1.53 bits per heavy atom. The Labute approximate surface area is 97.8 Å². The molecule has 0 spiro atoms. The molecular formula is C10H16F3N3O. The summed E-state index contributed by atoms with van der Waals surface area (Å²) in [6.07, 6.45) is -2.03. The van der Waals surface area contributed by atoms with Crippen molar-refractivity contribution in [2.75, 3.05) is 20.3 Å². The molecule has 0 fully saturated rings. The maximum absolute atomic E-state index is 11.8. The molecule has 0 bridgehead atoms. The van der Waals surface area contributed by atoms with Crippen LogP contribution in [0.2, 0.25) is 0 Å². The Morgan fingerprint density at radius 2 is 2.24 bits per heavy atom. The SMILES string of the molecule is CNC(CCOCC(F)(F)F)c1ccn(C)n1. The quantitative estimate of drug-likeness (QED) is 0.781. The Morgan fingerprint density at radius 3 is 2.71 bits per heavy atom. The van der Waals surface area contributed by atoms with Crippen molar-refractivity contribution in [3.63, 3.8) is 0 Å². The molecule has 1 rings (SSSR count). The third-order valence-corrected chi connectivity index (χ3v) is 2.26. The first-order valence-electron chi connectivity index (χ1n) is 5.23. The lowest BCUT2D eigenvalue weighted by Crippen LogP contribution is -2.22. The Bertz CT molecular complexity index is 338. The highest BCUT2D eigenvalue weighted by molar-refractivity contribution is 5.04. The Kier molecular flexibility index (Phi) is 4.95. The predicted molar refractivity (Wildman–Crippen MR) is 56.5 cm³/mol. The molecule has 1 atom stereocenters. The summed E-state index contributed by atoms with van der Waals surface area (Å²) in [5.74, 6) is 0. The van der Waals surface area contributed by atoms with E-state index in [1.165, 1.54) is 0 Å². The monoisotopic (exact) mass is 251 g/mol. The number of nitrogens with zero attached hydrogens (tertiary/aromatic N) is 2. The molecule has 0 aliphatic heterocycles. The molecule has 1 aromatic heterocycles. The third-order valence-electron chi connectivity index (χ3n) is 2.26. The molecule has 98 valence electrons. The van der Waals surface area contributed by atoms with Gasteiger partial charge in [-0.15, -0.1) is 0 Å². The number of aromatic nitrogens is 2. The van der Waals surface area contributed by atoms with E-state index >= 15 is 0 Å². The average Bonchev–Trinajstić information content (AvgIpc) is 2.63. The van der Waals surface area contributed by atoms with Gasteiger partial charge < -0.3 is 10.1 Å². The lowest BCUT2D eigenvalue weighted by Gasteiger charge is -2.14. The van der Waals surface area contributed by atoms with Crippen LogP contribution >= 0.6 is 0 Å². The van der Waals surface area contributed by atoms with Gasteiger partial charge in [0.1, 0.15) is 6.61 Å². The summed E-state index contributed by atoms with van der Waals surface area (Å²) in [4.78, 5) is 0. The largest absolute Gasteiger partial charge is 0.411 e. The van der Waals surface area contributed by atoms with Gasteiger partial charge in [0.25, 0.3) is 0 Å². The van der Waals surface area contributed by atoms with Crippen LogP contribution in [-0.4, -0.2) is 36.2 Å². The van der Waals surface area contributed by atoms with E-state index in [9.17, 15) is 13.2 Å². The number of nitrogens with one attached hydrogen (secondary N) is 1. The molecule has 0 amide bonds. The van der Waals surface area contributed by atoms with Crippen molar-refractivity contribution in [3.8, 4) is 0 Å². The van der Waals surface area contributed by atoms with E-state index in [0.717, 1.165) is 5.69 Å². The van der Waals surface area contributed by atoms with Crippen molar-refractivity contribution in [3.05, 3.63) is 18.0 Å². The van der Waals surface area contributed by atoms with Gasteiger partial charge in [-0.3, -0.25) is 4.68 Å². The lowest BCUT2D eigenvalue weighted by atomic mass is 10.1. The summed E-state index contributed by atoms with van der Waals surface area (Å²) < 4.78 is 41.7. The van der Waals surface area contributed by atoms with E-state index < -0.39 is 12.8 Å². The summed E-state index contributed by atoms with van der Waals surface area (Å²) in [6.45, 7) is -1.16. The highest BCUT2D eigenvalue weighted by Crippen LogP contribution is 2.17. The fourth-order valence-corrected chi connectivity index (χ4v) is 1.45. The molecule has 0 saturated heterocycles. The van der Waals surface area contributed by atoms with Crippen LogP contribution < -0.4 is 5.32 Å². The third kappa shape index (κ3) is 5.18. The number of rotatable bonds is 6. The summed E-state index contributed by atoms with van der Waals surface area (Å²) in [6, 6.07) is 1.73. The fraction of sp³-hybridized carbons (Fsp3) is 0.700. The van der Waals surface area contributed by atoms with Gasteiger partial charge in [-0.25, -0.2) is 0 Å². The van der Waals surface area contributed by atoms with Crippen molar-refractivity contribution < 1.29 is 17.9 Å². The van der Waals surface area contributed by atoms with Crippen LogP contribution in [0.3, 0.4) is 0 Å². The molecule has 1 heterocycles. The second-order valence-corrected chi connectivity index (χ2v) is 3.71. The first kappa shape index (κ1) is 14.0. The number of alkyl halides is 3. The summed E-state index contributed by atoms with van der Waals surface area (Å²) >= 11 is 0. The van der Waals surface area contributed by atoms with Gasteiger partial charge in [-0.1, -0.05) is 0 Å². The molecule has 1 N–H and O–H groups in total. The van der Waals surface area contributed by atoms with E-state index in [0.29, 0.717) is 6.42 Å². The molecule has 0 aliphatic carbocycles. The van der Waals surface area contributed by atoms with E-state index in [4.69, 9.17) is 0 Å². The van der Waals surface area contributed by atoms with Gasteiger partial charge in [0.15, 0.2) is 0 Å². The van der Waals surface area contributed by atoms with Gasteiger partial charge in [0, 0.05) is 19.9 Å². The maximum atomic E-state index is 11.8. The van der Waals surface area contributed by atoms with Gasteiger partial charge in [-0.05, 0) is 19.5 Å². The number of ether oxygens (including phenoxy) is 1. The van der Waals surface area contributed by atoms with Crippen LogP contribution in [0.1, 0.15) is 18.2 Å². The minimum atomic E-state index is -4.26. The van der Waals surface area contributed by atoms with Gasteiger partial charge >= 0.3 is 6.18 Å². The molecule has 4 nitrogen and oxygen atoms in total. The van der Waals surface area contributed by atoms with Crippen LogP contribution in [0.4, 0.5) is 13.2 Å². The van der Waals surface area contributed by atoms with E-state index in [2.05, 4.69) is 15.2 Å². The number of halogens is 3. The highest BCUT2D eigenvalue weighted by Gasteiger charge is 2.27. The molecule has 0 radical (unpaired) electrons. The normalized spacial score (nSPS) is 13.9. The van der Waals surface area contributed by atoms with Gasteiger partial charge in [0.2, 0.25) is 0 Å². The van der Waals surface area contributed by atoms with Crippen molar-refractivity contribution in [1.82, 2.24) is 15.1 Å². The standard InChI is InChI=1S/C10H16F3N3O/c1-14-8(9-3-5-16(2)15-9)4-6-17-7-10(11,12)13/h3,5,8,14H,4,6-7H2,1-2H3. The van der Waals surface area contributed by atoms with E-state index in [1.807, 2.05) is 6.07 Å². The van der Waals surface area contributed by atoms with E-state index in [1.54, 1.807) is 25.0 Å². The summed E-state index contributed by atoms with van der Waals surface area (Å²) in [7, 11) is 3.53. The number of hydrogen-bond donors (Lipinski definition) is 1. The van der Waals surface area contributed by atoms with Crippen molar-refractivity contribution in [2.45, 2.75) is 18.6 Å². The maximum Gasteiger partial charge on any atom is 0.411 e. The van der Waals surface area contributed by atoms with Crippen molar-refractivity contribution in [2.24, 2.45) is 7.05 Å². The number of hydrogen-bond acceptors (Lipinski definition) is 3. The molecule has 1 unspecified atom stereocenters.